The number of hydrogen-bond donors (Lipinski definition) is 0. The lowest BCUT2D eigenvalue weighted by atomic mass is 10.1. The third-order valence-corrected chi connectivity index (χ3v) is 3.14. The normalized spacial score (nSPS) is 11.0. The van der Waals surface area contributed by atoms with E-state index in [0.29, 0.717) is 10.7 Å². The molecule has 6 heteroatoms. The molecule has 18 heavy (non-hydrogen) atoms. The van der Waals surface area contributed by atoms with Crippen LogP contribution < -0.4 is 0 Å². The molecule has 0 saturated carbocycles. The topological polar surface area (TPSA) is 60.7 Å². The molecule has 1 heterocycles. The number of tetrazole rings is 1. The van der Waals surface area contributed by atoms with Crippen LogP contribution in [0.15, 0.2) is 40.9 Å². The van der Waals surface area contributed by atoms with Crippen LogP contribution in [0.25, 0.3) is 0 Å². The van der Waals surface area contributed by atoms with Crippen LogP contribution in [-0.2, 0) is 7.05 Å². The number of carbonyl (C=O) groups is 1. The average Bonchev–Trinajstić information content (AvgIpc) is 2.76. The second-order valence-corrected chi connectivity index (χ2v) is 4.61. The number of nitrogens with zero attached hydrogens (tertiary/aromatic N) is 4. The Kier molecular flexibility index (Phi) is 3.88. The fourth-order valence-electron chi connectivity index (χ4n) is 1.29. The molecule has 0 aliphatic carbocycles. The summed E-state index contributed by atoms with van der Waals surface area (Å²) in [5.74, 6) is -0.0300. The molecule has 0 N–H and O–H groups in total. The Bertz CT molecular complexity index is 574. The molecule has 2 aromatic rings. The van der Waals surface area contributed by atoms with E-state index in [2.05, 4.69) is 15.5 Å². The van der Waals surface area contributed by atoms with Crippen molar-refractivity contribution in [2.75, 3.05) is 0 Å². The minimum Gasteiger partial charge on any atom is -0.289 e. The van der Waals surface area contributed by atoms with E-state index in [1.54, 1.807) is 17.1 Å². The van der Waals surface area contributed by atoms with E-state index in [4.69, 9.17) is 0 Å². The lowest BCUT2D eigenvalue weighted by Crippen LogP contribution is -1.94. The highest BCUT2D eigenvalue weighted by Gasteiger charge is 2.02. The Morgan fingerprint density at radius 2 is 2.06 bits per heavy atom. The largest absolute Gasteiger partial charge is 0.289 e. The molecule has 0 amide bonds. The first kappa shape index (κ1) is 12.5. The molecule has 2 rings (SSSR count). The van der Waals surface area contributed by atoms with Gasteiger partial charge in [-0.2, -0.15) is 0 Å². The molecule has 0 fully saturated rings. The van der Waals surface area contributed by atoms with E-state index >= 15 is 0 Å². The maximum absolute atomic E-state index is 11.8. The van der Waals surface area contributed by atoms with Crippen molar-refractivity contribution in [1.82, 2.24) is 20.2 Å². The molecule has 0 atom stereocenters. The summed E-state index contributed by atoms with van der Waals surface area (Å²) in [6, 6.07) is 7.47. The smallest absolute Gasteiger partial charge is 0.213 e. The van der Waals surface area contributed by atoms with Gasteiger partial charge in [-0.3, -0.25) is 4.79 Å². The van der Waals surface area contributed by atoms with Crippen molar-refractivity contribution in [3.05, 3.63) is 46.9 Å². The Morgan fingerprint density at radius 1 is 1.33 bits per heavy atom. The number of aryl methyl sites for hydroxylation is 2. The quantitative estimate of drug-likeness (QED) is 0.478. The van der Waals surface area contributed by atoms with Crippen molar-refractivity contribution in [3.63, 3.8) is 0 Å². The van der Waals surface area contributed by atoms with Gasteiger partial charge < -0.3 is 0 Å². The maximum atomic E-state index is 11.8. The molecule has 5 nitrogen and oxygen atoms in total. The molecule has 0 unspecified atom stereocenters. The first-order chi connectivity index (χ1) is 8.66. The molecule has 0 spiro atoms. The molecule has 1 aromatic heterocycles. The summed E-state index contributed by atoms with van der Waals surface area (Å²) in [5.41, 5.74) is 1.81. The van der Waals surface area contributed by atoms with E-state index < -0.39 is 0 Å². The summed E-state index contributed by atoms with van der Waals surface area (Å²) < 4.78 is 1.55. The van der Waals surface area contributed by atoms with Gasteiger partial charge in [0.05, 0.1) is 0 Å². The summed E-state index contributed by atoms with van der Waals surface area (Å²) in [5, 5.41) is 13.3. The Hall–Kier alpha value is -1.95. The summed E-state index contributed by atoms with van der Waals surface area (Å²) in [6.07, 6.45) is 1.52. The van der Waals surface area contributed by atoms with Gasteiger partial charge in [0.2, 0.25) is 5.16 Å². The van der Waals surface area contributed by atoms with Crippen LogP contribution in [0.1, 0.15) is 15.9 Å². The maximum Gasteiger partial charge on any atom is 0.213 e. The number of thioether (sulfide) groups is 1. The molecule has 0 aliphatic heterocycles. The highest BCUT2D eigenvalue weighted by atomic mass is 32.2. The van der Waals surface area contributed by atoms with Gasteiger partial charge in [0.1, 0.15) is 0 Å². The molecular formula is C12H12N4OS. The number of benzene rings is 1. The molecule has 0 aliphatic rings. The van der Waals surface area contributed by atoms with E-state index in [0.717, 1.165) is 5.56 Å². The Morgan fingerprint density at radius 3 is 2.67 bits per heavy atom. The number of allylic oxidation sites excluding steroid dienone is 1. The SMILES string of the molecule is Cc1ccc(C(=O)/C=C\Sc2nnnn2C)cc1. The molecule has 0 bridgehead atoms. The monoisotopic (exact) mass is 260 g/mol. The van der Waals surface area contributed by atoms with E-state index in [9.17, 15) is 4.79 Å². The van der Waals surface area contributed by atoms with E-state index in [1.165, 1.54) is 17.8 Å². The third-order valence-electron chi connectivity index (χ3n) is 2.31. The molecule has 1 aromatic carbocycles. The zero-order valence-electron chi connectivity index (χ0n) is 10.1. The first-order valence-electron chi connectivity index (χ1n) is 5.33. The van der Waals surface area contributed by atoms with Crippen LogP contribution in [0.4, 0.5) is 0 Å². The molecule has 92 valence electrons. The fraction of sp³-hybridized carbons (Fsp3) is 0.167. The molecule has 0 saturated heterocycles. The summed E-state index contributed by atoms with van der Waals surface area (Å²) in [4.78, 5) is 11.8. The lowest BCUT2D eigenvalue weighted by Gasteiger charge is -1.96. The van der Waals surface area contributed by atoms with Crippen molar-refractivity contribution >= 4 is 17.5 Å². The highest BCUT2D eigenvalue weighted by molar-refractivity contribution is 8.02. The van der Waals surface area contributed by atoms with Crippen molar-refractivity contribution in [2.45, 2.75) is 12.1 Å². The van der Waals surface area contributed by atoms with Gasteiger partial charge in [-0.1, -0.05) is 41.6 Å². The summed E-state index contributed by atoms with van der Waals surface area (Å²) in [6.45, 7) is 1.99. The minimum absolute atomic E-state index is 0.0300. The Balaban J connectivity index is 1.99. The first-order valence-corrected chi connectivity index (χ1v) is 6.21. The van der Waals surface area contributed by atoms with Gasteiger partial charge in [0.25, 0.3) is 0 Å². The van der Waals surface area contributed by atoms with Gasteiger partial charge in [-0.15, -0.1) is 5.10 Å². The third kappa shape index (κ3) is 3.04. The van der Waals surface area contributed by atoms with Crippen molar-refractivity contribution < 1.29 is 4.79 Å². The molecule has 0 radical (unpaired) electrons. The van der Waals surface area contributed by atoms with Crippen molar-refractivity contribution in [3.8, 4) is 0 Å². The van der Waals surface area contributed by atoms with Gasteiger partial charge in [0.15, 0.2) is 5.78 Å². The average molecular weight is 260 g/mol. The predicted molar refractivity (Wildman–Crippen MR) is 69.3 cm³/mol. The van der Waals surface area contributed by atoms with Crippen LogP contribution >= 0.6 is 11.8 Å². The second-order valence-electron chi connectivity index (χ2n) is 3.74. The van der Waals surface area contributed by atoms with Gasteiger partial charge in [-0.05, 0) is 28.8 Å². The number of rotatable bonds is 4. The lowest BCUT2D eigenvalue weighted by molar-refractivity contribution is 0.104. The van der Waals surface area contributed by atoms with Gasteiger partial charge in [0, 0.05) is 12.6 Å². The van der Waals surface area contributed by atoms with Gasteiger partial charge >= 0.3 is 0 Å². The second kappa shape index (κ2) is 5.59. The predicted octanol–water partition coefficient (Wildman–Crippen LogP) is 2.01. The van der Waals surface area contributed by atoms with Crippen LogP contribution in [0, 0.1) is 6.92 Å². The zero-order chi connectivity index (χ0) is 13.0. The number of ketones is 1. The van der Waals surface area contributed by atoms with Crippen LogP contribution in [0.2, 0.25) is 0 Å². The minimum atomic E-state index is -0.0300. The van der Waals surface area contributed by atoms with Crippen molar-refractivity contribution in [2.24, 2.45) is 7.05 Å². The van der Waals surface area contributed by atoms with Crippen LogP contribution in [0.5, 0.6) is 0 Å². The van der Waals surface area contributed by atoms with Gasteiger partial charge in [-0.25, -0.2) is 4.68 Å². The summed E-state index contributed by atoms with van der Waals surface area (Å²) in [7, 11) is 1.75. The Labute approximate surface area is 109 Å². The van der Waals surface area contributed by atoms with E-state index in [-0.39, 0.29) is 5.78 Å². The highest BCUT2D eigenvalue weighted by Crippen LogP contribution is 2.14. The number of hydrogen-bond acceptors (Lipinski definition) is 5. The zero-order valence-corrected chi connectivity index (χ0v) is 10.9. The fourth-order valence-corrected chi connectivity index (χ4v) is 1.88. The standard InChI is InChI=1S/C12H12N4OS/c1-9-3-5-10(6-4-9)11(17)7-8-18-12-13-14-15-16(12)2/h3-8H,1-2H3/b8-7-. The number of aromatic nitrogens is 4. The van der Waals surface area contributed by atoms with Crippen molar-refractivity contribution in [1.29, 1.82) is 0 Å². The summed E-state index contributed by atoms with van der Waals surface area (Å²) >= 11 is 1.31. The number of carbonyl (C=O) groups excluding carboxylic acids is 1. The van der Waals surface area contributed by atoms with E-state index in [1.807, 2.05) is 31.2 Å². The molecular weight excluding hydrogens is 248 g/mol. The van der Waals surface area contributed by atoms with Crippen LogP contribution in [0.3, 0.4) is 0 Å². The van der Waals surface area contributed by atoms with Crippen LogP contribution in [-0.4, -0.2) is 26.0 Å².